The molecule has 1 aliphatic rings. The Morgan fingerprint density at radius 2 is 2.05 bits per heavy atom. The van der Waals surface area contributed by atoms with Crippen LogP contribution in [0.2, 0.25) is 0 Å². The largest absolute Gasteiger partial charge is 0.355 e. The molecule has 1 saturated heterocycles. The molecule has 0 aromatic rings. The first-order valence-corrected chi connectivity index (χ1v) is 7.47. The molecule has 0 unspecified atom stereocenters. The Labute approximate surface area is 116 Å². The smallest absolute Gasteiger partial charge is 0.240 e. The summed E-state index contributed by atoms with van der Waals surface area (Å²) in [6, 6.07) is -0.0979. The van der Waals surface area contributed by atoms with Gasteiger partial charge in [0.05, 0.1) is 12.6 Å². The van der Waals surface area contributed by atoms with Gasteiger partial charge in [-0.05, 0) is 32.2 Å². The lowest BCUT2D eigenvalue weighted by atomic mass is 10.0. The van der Waals surface area contributed by atoms with E-state index in [0.717, 1.165) is 38.6 Å². The topological polar surface area (TPSA) is 61.4 Å². The maximum atomic E-state index is 12.4. The predicted molar refractivity (Wildman–Crippen MR) is 75.8 cm³/mol. The second-order valence-corrected chi connectivity index (χ2v) is 5.11. The second-order valence-electron chi connectivity index (χ2n) is 5.11. The molecule has 1 heterocycles. The van der Waals surface area contributed by atoms with Crippen molar-refractivity contribution < 1.29 is 9.59 Å². The lowest BCUT2D eigenvalue weighted by Gasteiger charge is -2.29. The van der Waals surface area contributed by atoms with Gasteiger partial charge >= 0.3 is 0 Å². The summed E-state index contributed by atoms with van der Waals surface area (Å²) in [7, 11) is 0. The van der Waals surface area contributed by atoms with E-state index in [1.807, 2.05) is 13.8 Å². The van der Waals surface area contributed by atoms with Gasteiger partial charge in [-0.3, -0.25) is 9.59 Å². The van der Waals surface area contributed by atoms with Gasteiger partial charge in [0.1, 0.15) is 0 Å². The first-order valence-electron chi connectivity index (χ1n) is 7.47. The minimum Gasteiger partial charge on any atom is -0.355 e. The Hall–Kier alpha value is -1.10. The van der Waals surface area contributed by atoms with Crippen molar-refractivity contribution in [2.24, 2.45) is 0 Å². The Kier molecular flexibility index (Phi) is 7.48. The van der Waals surface area contributed by atoms with Crippen LogP contribution in [0.4, 0.5) is 0 Å². The third-order valence-corrected chi connectivity index (χ3v) is 3.32. The summed E-state index contributed by atoms with van der Waals surface area (Å²) >= 11 is 0. The summed E-state index contributed by atoms with van der Waals surface area (Å²) < 4.78 is 0. The third kappa shape index (κ3) is 5.59. The van der Waals surface area contributed by atoms with Gasteiger partial charge in [0, 0.05) is 13.1 Å². The monoisotopic (exact) mass is 269 g/mol. The molecule has 1 rings (SSSR count). The number of hydrogen-bond donors (Lipinski definition) is 2. The van der Waals surface area contributed by atoms with Gasteiger partial charge in [-0.25, -0.2) is 0 Å². The van der Waals surface area contributed by atoms with E-state index < -0.39 is 0 Å². The molecule has 0 spiro atoms. The van der Waals surface area contributed by atoms with Crippen molar-refractivity contribution in [2.45, 2.75) is 52.0 Å². The van der Waals surface area contributed by atoms with Gasteiger partial charge < -0.3 is 15.5 Å². The van der Waals surface area contributed by atoms with Crippen LogP contribution < -0.4 is 10.6 Å². The average molecular weight is 269 g/mol. The lowest BCUT2D eigenvalue weighted by molar-refractivity contribution is -0.138. The van der Waals surface area contributed by atoms with Crippen molar-refractivity contribution in [2.75, 3.05) is 26.2 Å². The van der Waals surface area contributed by atoms with Crippen molar-refractivity contribution in [1.29, 1.82) is 0 Å². The highest BCUT2D eigenvalue weighted by Gasteiger charge is 2.26. The van der Waals surface area contributed by atoms with Gasteiger partial charge in [0.15, 0.2) is 0 Å². The summed E-state index contributed by atoms with van der Waals surface area (Å²) in [6.45, 7) is 6.45. The molecule has 1 fully saturated rings. The van der Waals surface area contributed by atoms with Crippen LogP contribution in [-0.2, 0) is 9.59 Å². The summed E-state index contributed by atoms with van der Waals surface area (Å²) in [6.07, 6.45) is 4.90. The van der Waals surface area contributed by atoms with E-state index in [-0.39, 0.29) is 24.4 Å². The molecule has 0 aromatic heterocycles. The Morgan fingerprint density at radius 1 is 1.26 bits per heavy atom. The molecular weight excluding hydrogens is 242 g/mol. The zero-order chi connectivity index (χ0) is 14.1. The Bertz CT molecular complexity index is 288. The van der Waals surface area contributed by atoms with Crippen molar-refractivity contribution in [1.82, 2.24) is 15.5 Å². The van der Waals surface area contributed by atoms with Crippen molar-refractivity contribution in [3.05, 3.63) is 0 Å². The zero-order valence-electron chi connectivity index (χ0n) is 12.2. The van der Waals surface area contributed by atoms with Crippen LogP contribution in [0.3, 0.4) is 0 Å². The average Bonchev–Trinajstić information content (AvgIpc) is 2.45. The highest BCUT2D eigenvalue weighted by atomic mass is 16.2. The van der Waals surface area contributed by atoms with E-state index in [0.29, 0.717) is 13.1 Å². The number of amides is 2. The van der Waals surface area contributed by atoms with E-state index >= 15 is 0 Å². The molecule has 0 aromatic carbocycles. The molecular formula is C14H27N3O2. The van der Waals surface area contributed by atoms with E-state index in [1.165, 1.54) is 0 Å². The number of nitrogens with one attached hydrogen (secondary N) is 2. The first-order chi connectivity index (χ1) is 9.19. The standard InChI is InChI=1S/C14H27N3O2/c1-3-8-16-13(18)11-17(10-4-2)14(19)12-7-5-6-9-15-12/h12,15H,3-11H2,1-2H3,(H,16,18)/t12-/m0/s1. The fourth-order valence-electron chi connectivity index (χ4n) is 2.31. The fourth-order valence-corrected chi connectivity index (χ4v) is 2.31. The maximum absolute atomic E-state index is 12.4. The van der Waals surface area contributed by atoms with E-state index in [1.54, 1.807) is 4.90 Å². The minimum absolute atomic E-state index is 0.0561. The van der Waals surface area contributed by atoms with Crippen LogP contribution in [0.25, 0.3) is 0 Å². The van der Waals surface area contributed by atoms with E-state index in [4.69, 9.17) is 0 Å². The van der Waals surface area contributed by atoms with Gasteiger partial charge in [-0.2, -0.15) is 0 Å². The normalized spacial score (nSPS) is 18.9. The summed E-state index contributed by atoms with van der Waals surface area (Å²) in [4.78, 5) is 25.8. The minimum atomic E-state index is -0.0979. The number of carbonyl (C=O) groups excluding carboxylic acids is 2. The van der Waals surface area contributed by atoms with Gasteiger partial charge in [-0.15, -0.1) is 0 Å². The number of rotatable bonds is 7. The third-order valence-electron chi connectivity index (χ3n) is 3.32. The van der Waals surface area contributed by atoms with Crippen molar-refractivity contribution >= 4 is 11.8 Å². The molecule has 0 saturated carbocycles. The second kappa shape index (κ2) is 8.91. The highest BCUT2D eigenvalue weighted by molar-refractivity contribution is 5.87. The molecule has 2 N–H and O–H groups in total. The maximum Gasteiger partial charge on any atom is 0.240 e. The Morgan fingerprint density at radius 3 is 2.63 bits per heavy atom. The summed E-state index contributed by atoms with van der Waals surface area (Å²) in [5.74, 6) is 0.0210. The SMILES string of the molecule is CCCNC(=O)CN(CCC)C(=O)[C@@H]1CCCCN1. The number of piperidine rings is 1. The van der Waals surface area contributed by atoms with E-state index in [2.05, 4.69) is 10.6 Å². The molecule has 1 atom stereocenters. The van der Waals surface area contributed by atoms with E-state index in [9.17, 15) is 9.59 Å². The highest BCUT2D eigenvalue weighted by Crippen LogP contribution is 2.10. The van der Waals surface area contributed by atoms with Crippen LogP contribution in [-0.4, -0.2) is 48.9 Å². The molecule has 0 aliphatic carbocycles. The van der Waals surface area contributed by atoms with Gasteiger partial charge in [0.25, 0.3) is 0 Å². The zero-order valence-corrected chi connectivity index (χ0v) is 12.2. The number of carbonyl (C=O) groups is 2. The van der Waals surface area contributed by atoms with Crippen LogP contribution in [0.5, 0.6) is 0 Å². The molecule has 0 radical (unpaired) electrons. The lowest BCUT2D eigenvalue weighted by Crippen LogP contribution is -2.51. The molecule has 5 nitrogen and oxygen atoms in total. The van der Waals surface area contributed by atoms with Crippen molar-refractivity contribution in [3.8, 4) is 0 Å². The summed E-state index contributed by atoms with van der Waals surface area (Å²) in [5.41, 5.74) is 0. The molecule has 5 heteroatoms. The van der Waals surface area contributed by atoms with Crippen LogP contribution >= 0.6 is 0 Å². The Balaban J connectivity index is 2.49. The molecule has 1 aliphatic heterocycles. The first kappa shape index (κ1) is 16.0. The van der Waals surface area contributed by atoms with Crippen LogP contribution in [0.1, 0.15) is 46.0 Å². The number of hydrogen-bond acceptors (Lipinski definition) is 3. The van der Waals surface area contributed by atoms with Gasteiger partial charge in [-0.1, -0.05) is 20.3 Å². The van der Waals surface area contributed by atoms with Crippen LogP contribution in [0.15, 0.2) is 0 Å². The molecule has 0 bridgehead atoms. The predicted octanol–water partition coefficient (Wildman–Crippen LogP) is 0.893. The van der Waals surface area contributed by atoms with Gasteiger partial charge in [0.2, 0.25) is 11.8 Å². The summed E-state index contributed by atoms with van der Waals surface area (Å²) in [5, 5.41) is 6.08. The molecule has 2 amide bonds. The quantitative estimate of drug-likeness (QED) is 0.721. The number of nitrogens with zero attached hydrogens (tertiary/aromatic N) is 1. The molecule has 110 valence electrons. The fraction of sp³-hybridized carbons (Fsp3) is 0.857. The van der Waals surface area contributed by atoms with Crippen LogP contribution in [0, 0.1) is 0 Å². The molecule has 19 heavy (non-hydrogen) atoms. The van der Waals surface area contributed by atoms with Crippen molar-refractivity contribution in [3.63, 3.8) is 0 Å².